The first kappa shape index (κ1) is 17.3. The predicted octanol–water partition coefficient (Wildman–Crippen LogP) is 1.61. The van der Waals surface area contributed by atoms with Crippen molar-refractivity contribution in [1.29, 1.82) is 0 Å². The summed E-state index contributed by atoms with van der Waals surface area (Å²) in [5.41, 5.74) is 0.873. The van der Waals surface area contributed by atoms with E-state index in [1.807, 2.05) is 30.3 Å². The van der Waals surface area contributed by atoms with Crippen LogP contribution in [0, 0.1) is 0 Å². The first-order valence-corrected chi connectivity index (χ1v) is 8.47. The number of alkyl carbamates (subject to hydrolysis) is 1. The quantitative estimate of drug-likeness (QED) is 0.837. The number of fused-ring (bicyclic) bond motifs is 1. The number of amides is 2. The Balaban J connectivity index is 1.57. The molecule has 7 nitrogen and oxygen atoms in total. The van der Waals surface area contributed by atoms with Crippen LogP contribution in [0.5, 0.6) is 0 Å². The third kappa shape index (κ3) is 3.75. The summed E-state index contributed by atoms with van der Waals surface area (Å²) in [4.78, 5) is 38.1. The minimum absolute atomic E-state index is 0.0509. The molecule has 3 rings (SSSR count). The van der Waals surface area contributed by atoms with E-state index in [0.717, 1.165) is 18.4 Å². The van der Waals surface area contributed by atoms with Crippen LogP contribution in [0.3, 0.4) is 0 Å². The van der Waals surface area contributed by atoms with E-state index in [1.165, 1.54) is 7.11 Å². The number of nitrogens with zero attached hydrogens (tertiary/aromatic N) is 1. The molecule has 0 bridgehead atoms. The normalized spacial score (nSPS) is 25.2. The van der Waals surface area contributed by atoms with Crippen molar-refractivity contribution in [3.63, 3.8) is 0 Å². The number of esters is 1. The van der Waals surface area contributed by atoms with E-state index in [4.69, 9.17) is 9.47 Å². The molecule has 2 aliphatic rings. The Morgan fingerprint density at radius 3 is 2.60 bits per heavy atom. The number of hydrogen-bond acceptors (Lipinski definition) is 5. The van der Waals surface area contributed by atoms with Crippen molar-refractivity contribution in [2.75, 3.05) is 7.11 Å². The van der Waals surface area contributed by atoms with Crippen LogP contribution >= 0.6 is 0 Å². The largest absolute Gasteiger partial charge is 0.467 e. The van der Waals surface area contributed by atoms with E-state index >= 15 is 0 Å². The van der Waals surface area contributed by atoms with E-state index in [-0.39, 0.29) is 18.6 Å². The molecule has 1 aromatic rings. The Bertz CT molecular complexity index is 648. The van der Waals surface area contributed by atoms with Gasteiger partial charge >= 0.3 is 12.1 Å². The van der Waals surface area contributed by atoms with Gasteiger partial charge in [-0.1, -0.05) is 30.3 Å². The zero-order valence-corrected chi connectivity index (χ0v) is 14.1. The van der Waals surface area contributed by atoms with E-state index in [2.05, 4.69) is 5.32 Å². The fourth-order valence-corrected chi connectivity index (χ4v) is 3.57. The van der Waals surface area contributed by atoms with Crippen molar-refractivity contribution in [2.45, 2.75) is 50.4 Å². The lowest BCUT2D eigenvalue weighted by atomic mass is 9.98. The first-order chi connectivity index (χ1) is 12.1. The molecule has 0 saturated carbocycles. The molecule has 3 atom stereocenters. The molecule has 2 saturated heterocycles. The van der Waals surface area contributed by atoms with Crippen molar-refractivity contribution in [2.24, 2.45) is 0 Å². The Hall–Kier alpha value is -2.57. The fourth-order valence-electron chi connectivity index (χ4n) is 3.57. The third-order valence-corrected chi connectivity index (χ3v) is 4.82. The second-order valence-electron chi connectivity index (χ2n) is 6.35. The van der Waals surface area contributed by atoms with Gasteiger partial charge in [0.25, 0.3) is 0 Å². The molecule has 25 heavy (non-hydrogen) atoms. The van der Waals surface area contributed by atoms with Gasteiger partial charge in [0.2, 0.25) is 5.91 Å². The van der Waals surface area contributed by atoms with Crippen LogP contribution in [-0.2, 0) is 25.7 Å². The summed E-state index contributed by atoms with van der Waals surface area (Å²) in [6, 6.07) is 8.16. The fraction of sp³-hybridized carbons (Fsp3) is 0.500. The number of nitrogens with one attached hydrogen (secondary N) is 1. The summed E-state index contributed by atoms with van der Waals surface area (Å²) in [5, 5.41) is 2.62. The molecule has 0 aliphatic carbocycles. The molecule has 0 aromatic heterocycles. The lowest BCUT2D eigenvalue weighted by molar-refractivity contribution is -0.154. The lowest BCUT2D eigenvalue weighted by Gasteiger charge is -2.37. The molecule has 0 radical (unpaired) electrons. The number of benzene rings is 1. The first-order valence-electron chi connectivity index (χ1n) is 8.47. The molecule has 2 heterocycles. The minimum atomic E-state index is -0.662. The van der Waals surface area contributed by atoms with E-state index in [1.54, 1.807) is 4.90 Å². The number of rotatable bonds is 4. The monoisotopic (exact) mass is 346 g/mol. The predicted molar refractivity (Wildman–Crippen MR) is 88.5 cm³/mol. The van der Waals surface area contributed by atoms with Crippen LogP contribution in [-0.4, -0.2) is 48.1 Å². The van der Waals surface area contributed by atoms with Crippen molar-refractivity contribution in [3.8, 4) is 0 Å². The van der Waals surface area contributed by atoms with E-state index in [9.17, 15) is 14.4 Å². The summed E-state index contributed by atoms with van der Waals surface area (Å²) in [6.07, 6.45) is 2.07. The SMILES string of the molecule is COC(=O)[C@@H]1CC[C@H]2CC[C@@H](NC(=O)OCc3ccccc3)C(=O)N21. The number of piperidine rings is 1. The molecule has 1 N–H and O–H groups in total. The Kier molecular flexibility index (Phi) is 5.21. The van der Waals surface area contributed by atoms with Gasteiger partial charge in [-0.2, -0.15) is 0 Å². The van der Waals surface area contributed by atoms with Gasteiger partial charge in [0.15, 0.2) is 0 Å². The van der Waals surface area contributed by atoms with E-state index < -0.39 is 24.1 Å². The molecule has 2 amide bonds. The number of ether oxygens (including phenoxy) is 2. The van der Waals surface area contributed by atoms with Gasteiger partial charge in [-0.15, -0.1) is 0 Å². The van der Waals surface area contributed by atoms with Crippen LogP contribution in [0.25, 0.3) is 0 Å². The summed E-state index contributed by atoms with van der Waals surface area (Å²) in [7, 11) is 1.32. The highest BCUT2D eigenvalue weighted by atomic mass is 16.5. The molecular weight excluding hydrogens is 324 g/mol. The number of hydrogen-bond donors (Lipinski definition) is 1. The Morgan fingerprint density at radius 2 is 1.88 bits per heavy atom. The van der Waals surface area contributed by atoms with Gasteiger partial charge in [0, 0.05) is 6.04 Å². The average Bonchev–Trinajstić information content (AvgIpc) is 3.07. The smallest absolute Gasteiger partial charge is 0.408 e. The molecule has 2 fully saturated rings. The van der Waals surface area contributed by atoms with Crippen molar-refractivity contribution in [3.05, 3.63) is 35.9 Å². The maximum Gasteiger partial charge on any atom is 0.408 e. The van der Waals surface area contributed by atoms with Crippen molar-refractivity contribution in [1.82, 2.24) is 10.2 Å². The zero-order valence-electron chi connectivity index (χ0n) is 14.1. The second-order valence-corrected chi connectivity index (χ2v) is 6.35. The van der Waals surface area contributed by atoms with Crippen LogP contribution in [0.15, 0.2) is 30.3 Å². The summed E-state index contributed by atoms with van der Waals surface area (Å²) >= 11 is 0. The molecule has 0 spiro atoms. The standard InChI is InChI=1S/C18H22N2O5/c1-24-17(22)15-10-8-13-7-9-14(16(21)20(13)15)19-18(23)25-11-12-5-3-2-4-6-12/h2-6,13-15H,7-11H2,1H3,(H,19,23)/t13-,14-,15+/m1/s1. The molecule has 0 unspecified atom stereocenters. The lowest BCUT2D eigenvalue weighted by Crippen LogP contribution is -2.57. The van der Waals surface area contributed by atoms with E-state index in [0.29, 0.717) is 12.8 Å². The highest BCUT2D eigenvalue weighted by Crippen LogP contribution is 2.33. The summed E-state index contributed by atoms with van der Waals surface area (Å²) in [5.74, 6) is -0.635. The van der Waals surface area contributed by atoms with Gasteiger partial charge in [-0.05, 0) is 31.2 Å². The molecule has 7 heteroatoms. The van der Waals surface area contributed by atoms with Gasteiger partial charge in [-0.3, -0.25) is 4.79 Å². The van der Waals surface area contributed by atoms with Crippen LogP contribution < -0.4 is 5.32 Å². The molecule has 2 aliphatic heterocycles. The van der Waals surface area contributed by atoms with Crippen molar-refractivity contribution >= 4 is 18.0 Å². The van der Waals surface area contributed by atoms with Crippen molar-refractivity contribution < 1.29 is 23.9 Å². The third-order valence-electron chi connectivity index (χ3n) is 4.82. The summed E-state index contributed by atoms with van der Waals surface area (Å²) < 4.78 is 9.96. The topological polar surface area (TPSA) is 84.9 Å². The minimum Gasteiger partial charge on any atom is -0.467 e. The van der Waals surface area contributed by atoms with Crippen LogP contribution in [0.1, 0.15) is 31.2 Å². The number of carbonyl (C=O) groups is 3. The number of methoxy groups -OCH3 is 1. The maximum absolute atomic E-state index is 12.7. The highest BCUT2D eigenvalue weighted by Gasteiger charge is 2.46. The number of carbonyl (C=O) groups excluding carboxylic acids is 3. The molecular formula is C18H22N2O5. The zero-order chi connectivity index (χ0) is 17.8. The second kappa shape index (κ2) is 7.55. The van der Waals surface area contributed by atoms with Gasteiger partial charge < -0.3 is 19.7 Å². The van der Waals surface area contributed by atoms with Crippen LogP contribution in [0.2, 0.25) is 0 Å². The van der Waals surface area contributed by atoms with Gasteiger partial charge in [-0.25, -0.2) is 9.59 Å². The maximum atomic E-state index is 12.7. The molecule has 1 aromatic carbocycles. The van der Waals surface area contributed by atoms with Gasteiger partial charge in [0.05, 0.1) is 7.11 Å². The Labute approximate surface area is 146 Å². The molecule has 134 valence electrons. The van der Waals surface area contributed by atoms with Gasteiger partial charge in [0.1, 0.15) is 18.7 Å². The Morgan fingerprint density at radius 1 is 1.16 bits per heavy atom. The summed E-state index contributed by atoms with van der Waals surface area (Å²) in [6.45, 7) is 0.144. The van der Waals surface area contributed by atoms with Crippen LogP contribution in [0.4, 0.5) is 4.79 Å². The highest BCUT2D eigenvalue weighted by molar-refractivity contribution is 5.91. The average molecular weight is 346 g/mol.